The molecular formula is C11H7Br3ClN. The molecule has 1 aromatic carbocycles. The van der Waals surface area contributed by atoms with Gasteiger partial charge in [-0.1, -0.05) is 65.5 Å². The molecule has 0 saturated carbocycles. The zero-order valence-corrected chi connectivity index (χ0v) is 13.6. The number of pyridine rings is 1. The van der Waals surface area contributed by atoms with Crippen LogP contribution in [0, 0.1) is 0 Å². The van der Waals surface area contributed by atoms with Crippen LogP contribution in [-0.4, -0.2) is 4.98 Å². The molecule has 0 aliphatic heterocycles. The molecule has 5 heteroatoms. The summed E-state index contributed by atoms with van der Waals surface area (Å²) in [6.45, 7) is 0. The van der Waals surface area contributed by atoms with Gasteiger partial charge in [0.15, 0.2) is 0 Å². The van der Waals surface area contributed by atoms with Gasteiger partial charge in [0.25, 0.3) is 0 Å². The summed E-state index contributed by atoms with van der Waals surface area (Å²) in [5, 5.41) is 2.37. The van der Waals surface area contributed by atoms with Crippen molar-refractivity contribution in [2.45, 2.75) is 9.07 Å². The molecule has 2 rings (SSSR count). The zero-order valence-electron chi connectivity index (χ0n) is 8.05. The Balaban J connectivity index is 2.63. The van der Waals surface area contributed by atoms with E-state index in [2.05, 4.69) is 64.9 Å². The molecule has 1 heterocycles. The lowest BCUT2D eigenvalue weighted by Gasteiger charge is -2.06. The molecule has 0 radical (unpaired) electrons. The quantitative estimate of drug-likeness (QED) is 0.450. The van der Waals surface area contributed by atoms with Gasteiger partial charge in [-0.3, -0.25) is 0 Å². The average molecular weight is 428 g/mol. The number of benzene rings is 1. The van der Waals surface area contributed by atoms with Crippen molar-refractivity contribution in [2.24, 2.45) is 0 Å². The minimum atomic E-state index is 0.160. The Morgan fingerprint density at radius 1 is 1.25 bits per heavy atom. The maximum absolute atomic E-state index is 6.05. The van der Waals surface area contributed by atoms with Gasteiger partial charge >= 0.3 is 0 Å². The highest BCUT2D eigenvalue weighted by Crippen LogP contribution is 2.32. The molecule has 0 aliphatic carbocycles. The Morgan fingerprint density at radius 3 is 2.62 bits per heavy atom. The van der Waals surface area contributed by atoms with E-state index in [1.54, 1.807) is 0 Å². The third kappa shape index (κ3) is 2.61. The van der Waals surface area contributed by atoms with E-state index in [1.807, 2.05) is 12.1 Å². The number of alkyl halides is 3. The highest BCUT2D eigenvalue weighted by Gasteiger charge is 2.07. The fourth-order valence-electron chi connectivity index (χ4n) is 1.44. The second-order valence-corrected chi connectivity index (χ2v) is 7.30. The number of hydrogen-bond acceptors (Lipinski definition) is 1. The van der Waals surface area contributed by atoms with Crippen molar-refractivity contribution in [3.63, 3.8) is 0 Å². The van der Waals surface area contributed by atoms with Crippen molar-refractivity contribution in [3.05, 3.63) is 40.5 Å². The van der Waals surface area contributed by atoms with Crippen molar-refractivity contribution in [2.75, 3.05) is 0 Å². The van der Waals surface area contributed by atoms with Crippen LogP contribution in [-0.2, 0) is 5.33 Å². The summed E-state index contributed by atoms with van der Waals surface area (Å²) in [7, 11) is 0. The van der Waals surface area contributed by atoms with Gasteiger partial charge in [-0.2, -0.15) is 0 Å². The van der Waals surface area contributed by atoms with E-state index in [9.17, 15) is 0 Å². The van der Waals surface area contributed by atoms with Crippen molar-refractivity contribution in [3.8, 4) is 0 Å². The molecule has 2 aromatic rings. The molecule has 0 spiro atoms. The SMILES string of the molecule is Clc1nc2ccc(C(Br)Br)cc2cc1CBr. The van der Waals surface area contributed by atoms with Crippen molar-refractivity contribution >= 4 is 70.3 Å². The lowest BCUT2D eigenvalue weighted by molar-refractivity contribution is 1.31. The van der Waals surface area contributed by atoms with E-state index in [0.29, 0.717) is 10.5 Å². The topological polar surface area (TPSA) is 12.9 Å². The third-order valence-electron chi connectivity index (χ3n) is 2.26. The Hall–Kier alpha value is 0.360. The van der Waals surface area contributed by atoms with Gasteiger partial charge in [0.05, 0.1) is 9.25 Å². The van der Waals surface area contributed by atoms with Gasteiger partial charge in [0.1, 0.15) is 5.15 Å². The van der Waals surface area contributed by atoms with Crippen LogP contribution in [0.3, 0.4) is 0 Å². The molecule has 0 aliphatic rings. The first-order chi connectivity index (χ1) is 7.61. The summed E-state index contributed by atoms with van der Waals surface area (Å²) in [4.78, 5) is 4.35. The molecule has 0 bridgehead atoms. The monoisotopic (exact) mass is 425 g/mol. The third-order valence-corrected chi connectivity index (χ3v) is 4.25. The summed E-state index contributed by atoms with van der Waals surface area (Å²) in [6.07, 6.45) is 0. The fourth-order valence-corrected chi connectivity index (χ4v) is 2.82. The molecule has 0 unspecified atom stereocenters. The molecule has 0 fully saturated rings. The van der Waals surface area contributed by atoms with Gasteiger partial charge in [-0.05, 0) is 23.8 Å². The molecule has 0 saturated heterocycles. The normalized spacial score (nSPS) is 11.3. The van der Waals surface area contributed by atoms with Crippen molar-refractivity contribution < 1.29 is 0 Å². The highest BCUT2D eigenvalue weighted by atomic mass is 79.9. The summed E-state index contributed by atoms with van der Waals surface area (Å²) in [6, 6.07) is 8.15. The number of nitrogens with zero attached hydrogens (tertiary/aromatic N) is 1. The van der Waals surface area contributed by atoms with E-state index in [1.165, 1.54) is 0 Å². The predicted molar refractivity (Wildman–Crippen MR) is 80.0 cm³/mol. The minimum absolute atomic E-state index is 0.160. The Labute approximate surface area is 124 Å². The maximum atomic E-state index is 6.05. The van der Waals surface area contributed by atoms with Gasteiger partial charge in [0, 0.05) is 16.3 Å². The van der Waals surface area contributed by atoms with E-state index in [-0.39, 0.29) is 3.74 Å². The number of hydrogen-bond donors (Lipinski definition) is 0. The van der Waals surface area contributed by atoms with Crippen molar-refractivity contribution in [1.29, 1.82) is 0 Å². The van der Waals surface area contributed by atoms with Crippen LogP contribution in [0.25, 0.3) is 10.9 Å². The van der Waals surface area contributed by atoms with Crippen LogP contribution in [0.4, 0.5) is 0 Å². The summed E-state index contributed by atoms with van der Waals surface area (Å²) >= 11 is 16.4. The average Bonchev–Trinajstić information content (AvgIpc) is 2.27. The smallest absolute Gasteiger partial charge is 0.133 e. The fraction of sp³-hybridized carbons (Fsp3) is 0.182. The van der Waals surface area contributed by atoms with Crippen LogP contribution in [0.1, 0.15) is 14.9 Å². The van der Waals surface area contributed by atoms with Crippen LogP contribution in [0.5, 0.6) is 0 Å². The van der Waals surface area contributed by atoms with E-state index >= 15 is 0 Å². The van der Waals surface area contributed by atoms with E-state index in [4.69, 9.17) is 11.6 Å². The summed E-state index contributed by atoms with van der Waals surface area (Å²) in [5.74, 6) is 0. The van der Waals surface area contributed by atoms with Gasteiger partial charge in [-0.15, -0.1) is 0 Å². The first-order valence-electron chi connectivity index (χ1n) is 4.55. The van der Waals surface area contributed by atoms with Crippen LogP contribution in [0.2, 0.25) is 5.15 Å². The van der Waals surface area contributed by atoms with E-state index < -0.39 is 0 Å². The van der Waals surface area contributed by atoms with E-state index in [0.717, 1.165) is 22.0 Å². The largest absolute Gasteiger partial charge is 0.236 e. The van der Waals surface area contributed by atoms with Gasteiger partial charge in [-0.25, -0.2) is 4.98 Å². The molecule has 0 atom stereocenters. The first kappa shape index (κ1) is 12.8. The Bertz CT molecular complexity index is 528. The molecule has 84 valence electrons. The van der Waals surface area contributed by atoms with Crippen LogP contribution >= 0.6 is 59.4 Å². The second-order valence-electron chi connectivity index (χ2n) is 3.32. The summed E-state index contributed by atoms with van der Waals surface area (Å²) in [5.41, 5.74) is 3.09. The van der Waals surface area contributed by atoms with Gasteiger partial charge < -0.3 is 0 Å². The standard InChI is InChI=1S/C11H7Br3ClN/c12-5-8-4-7-3-6(10(13)14)1-2-9(7)16-11(8)15/h1-4,10H,5H2. The number of halogens is 4. The van der Waals surface area contributed by atoms with Crippen LogP contribution in [0.15, 0.2) is 24.3 Å². The summed E-state index contributed by atoms with van der Waals surface area (Å²) < 4.78 is 0.160. The molecule has 16 heavy (non-hydrogen) atoms. The molecule has 0 N–H and O–H groups in total. The molecular weight excluding hydrogens is 421 g/mol. The lowest BCUT2D eigenvalue weighted by Crippen LogP contribution is -1.89. The van der Waals surface area contributed by atoms with Crippen LogP contribution < -0.4 is 0 Å². The first-order valence-corrected chi connectivity index (χ1v) is 7.88. The minimum Gasteiger partial charge on any atom is -0.236 e. The second kappa shape index (κ2) is 5.34. The number of rotatable bonds is 2. The zero-order chi connectivity index (χ0) is 11.7. The van der Waals surface area contributed by atoms with Crippen molar-refractivity contribution in [1.82, 2.24) is 4.98 Å². The molecule has 1 aromatic heterocycles. The molecule has 0 amide bonds. The highest BCUT2D eigenvalue weighted by molar-refractivity contribution is 9.24. The van der Waals surface area contributed by atoms with Gasteiger partial charge in [0.2, 0.25) is 0 Å². The Kier molecular flexibility index (Phi) is 4.27. The lowest BCUT2D eigenvalue weighted by atomic mass is 10.1. The predicted octanol–water partition coefficient (Wildman–Crippen LogP) is 5.57. The molecule has 1 nitrogen and oxygen atoms in total. The maximum Gasteiger partial charge on any atom is 0.133 e. The number of fused-ring (bicyclic) bond motifs is 1. The number of aromatic nitrogens is 1. The Morgan fingerprint density at radius 2 is 2.00 bits per heavy atom.